The zero-order valence-electron chi connectivity index (χ0n) is 16.7. The van der Waals surface area contributed by atoms with E-state index in [1.165, 1.54) is 23.5 Å². The number of thiazole rings is 1. The highest BCUT2D eigenvalue weighted by molar-refractivity contribution is 7.16. The Hall–Kier alpha value is -3.56. The smallest absolute Gasteiger partial charge is 0.286 e. The zero-order valence-corrected chi connectivity index (χ0v) is 17.5. The van der Waals surface area contributed by atoms with E-state index < -0.39 is 10.8 Å². The molecule has 0 N–H and O–H groups in total. The van der Waals surface area contributed by atoms with Crippen molar-refractivity contribution in [2.24, 2.45) is 4.99 Å². The van der Waals surface area contributed by atoms with Crippen LogP contribution in [0.25, 0.3) is 21.0 Å². The summed E-state index contributed by atoms with van der Waals surface area (Å²) in [7, 11) is 1.58. The summed E-state index contributed by atoms with van der Waals surface area (Å²) in [5.41, 5.74) is 0.750. The summed E-state index contributed by atoms with van der Waals surface area (Å²) in [4.78, 5) is 27.8. The highest BCUT2D eigenvalue weighted by atomic mass is 32.1. The second-order valence-electron chi connectivity index (χ2n) is 6.74. The summed E-state index contributed by atoms with van der Waals surface area (Å²) in [5.74, 6) is 0.141. The van der Waals surface area contributed by atoms with Gasteiger partial charge in [0.1, 0.15) is 5.75 Å². The van der Waals surface area contributed by atoms with Crippen molar-refractivity contribution in [3.63, 3.8) is 0 Å². The lowest BCUT2D eigenvalue weighted by Crippen LogP contribution is -2.21. The van der Waals surface area contributed by atoms with E-state index in [1.807, 2.05) is 47.0 Å². The van der Waals surface area contributed by atoms with Crippen LogP contribution in [-0.2, 0) is 16.1 Å². The van der Waals surface area contributed by atoms with Gasteiger partial charge in [-0.3, -0.25) is 14.9 Å². The number of carbonyl (C=O) groups is 1. The molecule has 0 aliphatic carbocycles. The molecule has 0 aliphatic rings. The molecule has 31 heavy (non-hydrogen) atoms. The molecule has 0 radical (unpaired) electrons. The van der Waals surface area contributed by atoms with E-state index in [-0.39, 0.29) is 12.3 Å². The molecule has 0 fully saturated rings. The number of fused-ring (bicyclic) bond motifs is 2. The lowest BCUT2D eigenvalue weighted by atomic mass is 10.1. The molecule has 4 rings (SSSR count). The average molecular weight is 437 g/mol. The first-order valence-corrected chi connectivity index (χ1v) is 10.3. The van der Waals surface area contributed by atoms with E-state index in [9.17, 15) is 14.9 Å². The predicted octanol–water partition coefficient (Wildman–Crippen LogP) is 3.92. The monoisotopic (exact) mass is 437 g/mol. The van der Waals surface area contributed by atoms with Crippen LogP contribution in [0, 0.1) is 10.1 Å². The highest BCUT2D eigenvalue weighted by Crippen LogP contribution is 2.23. The van der Waals surface area contributed by atoms with Crippen molar-refractivity contribution in [2.45, 2.75) is 6.54 Å². The molecule has 0 spiro atoms. The second kappa shape index (κ2) is 9.07. The van der Waals surface area contributed by atoms with E-state index in [4.69, 9.17) is 9.47 Å². The number of non-ortho nitro benzene ring substituents is 1. The number of carbonyl (C=O) groups excluding carboxylic acids is 1. The number of rotatable bonds is 7. The summed E-state index contributed by atoms with van der Waals surface area (Å²) >= 11 is 1.22. The number of benzene rings is 3. The van der Waals surface area contributed by atoms with E-state index in [0.717, 1.165) is 16.3 Å². The second-order valence-corrected chi connectivity index (χ2v) is 7.75. The minimum Gasteiger partial charge on any atom is -0.484 e. The molecule has 0 atom stereocenters. The van der Waals surface area contributed by atoms with Crippen LogP contribution in [0.3, 0.4) is 0 Å². The first kappa shape index (κ1) is 20.7. The fourth-order valence-electron chi connectivity index (χ4n) is 3.20. The van der Waals surface area contributed by atoms with E-state index in [0.29, 0.717) is 28.4 Å². The topological polar surface area (TPSA) is 96.0 Å². The Morgan fingerprint density at radius 3 is 2.71 bits per heavy atom. The molecule has 4 aromatic rings. The van der Waals surface area contributed by atoms with Crippen molar-refractivity contribution in [1.82, 2.24) is 4.57 Å². The van der Waals surface area contributed by atoms with Crippen molar-refractivity contribution < 1.29 is 19.2 Å². The van der Waals surface area contributed by atoms with Gasteiger partial charge in [0.2, 0.25) is 0 Å². The molecule has 9 heteroatoms. The van der Waals surface area contributed by atoms with Crippen LogP contribution in [0.4, 0.5) is 5.69 Å². The van der Waals surface area contributed by atoms with E-state index >= 15 is 0 Å². The molecule has 3 aromatic carbocycles. The van der Waals surface area contributed by atoms with Gasteiger partial charge in [-0.25, -0.2) is 0 Å². The summed E-state index contributed by atoms with van der Waals surface area (Å²) < 4.78 is 13.3. The first-order chi connectivity index (χ1) is 15.0. The molecule has 158 valence electrons. The first-order valence-electron chi connectivity index (χ1n) is 9.51. The Morgan fingerprint density at radius 1 is 1.13 bits per heavy atom. The van der Waals surface area contributed by atoms with Crippen LogP contribution in [0.2, 0.25) is 0 Å². The molecule has 0 saturated carbocycles. The van der Waals surface area contributed by atoms with Gasteiger partial charge in [-0.2, -0.15) is 4.99 Å². The molecule has 1 amide bonds. The van der Waals surface area contributed by atoms with Gasteiger partial charge in [-0.15, -0.1) is 0 Å². The summed E-state index contributed by atoms with van der Waals surface area (Å²) in [5, 5.41) is 13.2. The van der Waals surface area contributed by atoms with Gasteiger partial charge in [0.25, 0.3) is 11.6 Å². The fraction of sp³-hybridized carbons (Fsp3) is 0.182. The maximum absolute atomic E-state index is 12.5. The minimum atomic E-state index is -0.446. The molecule has 8 nitrogen and oxygen atoms in total. The Balaban J connectivity index is 1.59. The zero-order chi connectivity index (χ0) is 21.8. The lowest BCUT2D eigenvalue weighted by molar-refractivity contribution is -0.384. The molecule has 1 heterocycles. The number of nitro groups is 1. The predicted molar refractivity (Wildman–Crippen MR) is 118 cm³/mol. The Labute approximate surface area is 181 Å². The third-order valence-electron chi connectivity index (χ3n) is 4.70. The summed E-state index contributed by atoms with van der Waals surface area (Å²) in [6, 6.07) is 18.1. The minimum absolute atomic E-state index is 0.00912. The van der Waals surface area contributed by atoms with Crippen molar-refractivity contribution in [1.29, 1.82) is 0 Å². The Morgan fingerprint density at radius 2 is 1.94 bits per heavy atom. The van der Waals surface area contributed by atoms with Gasteiger partial charge < -0.3 is 14.0 Å². The molecular weight excluding hydrogens is 418 g/mol. The van der Waals surface area contributed by atoms with Crippen LogP contribution in [0.5, 0.6) is 5.75 Å². The van der Waals surface area contributed by atoms with Gasteiger partial charge in [0.15, 0.2) is 11.4 Å². The fourth-order valence-corrected chi connectivity index (χ4v) is 4.31. The molecule has 0 saturated heterocycles. The van der Waals surface area contributed by atoms with Gasteiger partial charge in [-0.05, 0) is 29.0 Å². The third-order valence-corrected chi connectivity index (χ3v) is 5.74. The van der Waals surface area contributed by atoms with E-state index in [1.54, 1.807) is 13.2 Å². The average Bonchev–Trinajstić information content (AvgIpc) is 3.12. The van der Waals surface area contributed by atoms with Crippen LogP contribution in [0.15, 0.2) is 65.7 Å². The highest BCUT2D eigenvalue weighted by Gasteiger charge is 2.13. The van der Waals surface area contributed by atoms with Gasteiger partial charge >= 0.3 is 0 Å². The summed E-state index contributed by atoms with van der Waals surface area (Å²) in [6.45, 7) is 0.667. The number of ether oxygens (including phenoxy) is 2. The third kappa shape index (κ3) is 4.62. The Kier molecular flexibility index (Phi) is 6.06. The largest absolute Gasteiger partial charge is 0.484 e. The van der Waals surface area contributed by atoms with Crippen molar-refractivity contribution in [2.75, 3.05) is 20.3 Å². The SMILES string of the molecule is COCCn1c(=NC(=O)COc2ccc3ccccc3c2)sc2cc([N+](=O)[O-])ccc21. The molecular formula is C22H19N3O5S. The van der Waals surface area contributed by atoms with Crippen LogP contribution in [-0.4, -0.2) is 35.7 Å². The maximum Gasteiger partial charge on any atom is 0.286 e. The number of nitrogens with zero attached hydrogens (tertiary/aromatic N) is 3. The number of hydrogen-bond acceptors (Lipinski definition) is 6. The molecule has 1 aromatic heterocycles. The molecule has 0 bridgehead atoms. The number of aromatic nitrogens is 1. The number of methoxy groups -OCH3 is 1. The van der Waals surface area contributed by atoms with Gasteiger partial charge in [0.05, 0.1) is 21.7 Å². The number of hydrogen-bond donors (Lipinski definition) is 0. The van der Waals surface area contributed by atoms with Crippen LogP contribution in [0.1, 0.15) is 0 Å². The van der Waals surface area contributed by atoms with Gasteiger partial charge in [0, 0.05) is 25.8 Å². The standard InChI is InChI=1S/C22H19N3O5S/c1-29-11-10-24-19-9-7-17(25(27)28)13-20(19)31-22(24)23-21(26)14-30-18-8-6-15-4-2-3-5-16(15)12-18/h2-9,12-13H,10-11,14H2,1H3. The van der Waals surface area contributed by atoms with Crippen molar-refractivity contribution in [3.05, 3.63) is 75.6 Å². The van der Waals surface area contributed by atoms with Crippen molar-refractivity contribution in [3.8, 4) is 5.75 Å². The lowest BCUT2D eigenvalue weighted by Gasteiger charge is -2.06. The maximum atomic E-state index is 12.5. The Bertz CT molecular complexity index is 1340. The van der Waals surface area contributed by atoms with Crippen LogP contribution >= 0.6 is 11.3 Å². The quantitative estimate of drug-likeness (QED) is 0.323. The van der Waals surface area contributed by atoms with Gasteiger partial charge in [-0.1, -0.05) is 41.7 Å². The van der Waals surface area contributed by atoms with Crippen molar-refractivity contribution >= 4 is 43.9 Å². The molecule has 0 aliphatic heterocycles. The van der Waals surface area contributed by atoms with E-state index in [2.05, 4.69) is 4.99 Å². The normalized spacial score (nSPS) is 11.8. The summed E-state index contributed by atoms with van der Waals surface area (Å²) in [6.07, 6.45) is 0. The number of nitro benzene ring substituents is 1. The number of amides is 1. The molecule has 0 unspecified atom stereocenters. The van der Waals surface area contributed by atoms with Crippen LogP contribution < -0.4 is 9.54 Å².